The fraction of sp³-hybridized carbons (Fsp3) is 0.353. The van der Waals surface area contributed by atoms with Crippen LogP contribution in [0.2, 0.25) is 0 Å². The Balaban J connectivity index is 1.61. The summed E-state index contributed by atoms with van der Waals surface area (Å²) in [7, 11) is 0. The van der Waals surface area contributed by atoms with Crippen LogP contribution in [-0.4, -0.2) is 29.9 Å². The molecule has 0 fully saturated rings. The van der Waals surface area contributed by atoms with E-state index in [-0.39, 0.29) is 11.8 Å². The second-order valence-corrected chi connectivity index (χ2v) is 6.69. The third-order valence-corrected chi connectivity index (χ3v) is 4.77. The summed E-state index contributed by atoms with van der Waals surface area (Å²) in [5, 5.41) is 5.99. The van der Waals surface area contributed by atoms with E-state index in [0.29, 0.717) is 18.7 Å². The Kier molecular flexibility index (Phi) is 4.43. The number of anilines is 1. The number of rotatable bonds is 4. The van der Waals surface area contributed by atoms with Gasteiger partial charge in [-0.05, 0) is 37.1 Å². The van der Waals surface area contributed by atoms with Crippen LogP contribution in [0.1, 0.15) is 33.5 Å². The van der Waals surface area contributed by atoms with E-state index in [1.54, 1.807) is 29.2 Å². The molecule has 1 aromatic heterocycles. The number of amides is 2. The van der Waals surface area contributed by atoms with Crippen molar-refractivity contribution in [3.8, 4) is 0 Å². The van der Waals surface area contributed by atoms with Crippen molar-refractivity contribution in [2.24, 2.45) is 0 Å². The van der Waals surface area contributed by atoms with Gasteiger partial charge in [-0.25, -0.2) is 4.98 Å². The Labute approximate surface area is 139 Å². The molecule has 0 atom stereocenters. The summed E-state index contributed by atoms with van der Waals surface area (Å²) in [6, 6.07) is 5.53. The SMILES string of the molecule is CC(=O)N1CCc2cc(C(=O)NCCc3csc(C)n3)ccc21. The van der Waals surface area contributed by atoms with E-state index in [0.717, 1.165) is 34.8 Å². The third kappa shape index (κ3) is 3.42. The highest BCUT2D eigenvalue weighted by molar-refractivity contribution is 7.09. The maximum atomic E-state index is 12.2. The summed E-state index contributed by atoms with van der Waals surface area (Å²) in [6.07, 6.45) is 1.53. The molecule has 0 saturated heterocycles. The van der Waals surface area contributed by atoms with E-state index in [1.165, 1.54) is 0 Å². The van der Waals surface area contributed by atoms with Gasteiger partial charge in [-0.2, -0.15) is 0 Å². The van der Waals surface area contributed by atoms with Crippen LogP contribution in [0, 0.1) is 6.92 Å². The quantitative estimate of drug-likeness (QED) is 0.936. The van der Waals surface area contributed by atoms with Crippen LogP contribution in [0.3, 0.4) is 0 Å². The van der Waals surface area contributed by atoms with E-state index in [2.05, 4.69) is 10.3 Å². The Morgan fingerprint density at radius 1 is 1.39 bits per heavy atom. The van der Waals surface area contributed by atoms with Gasteiger partial charge in [-0.15, -0.1) is 11.3 Å². The predicted octanol–water partition coefficient (Wildman–Crippen LogP) is 2.33. The van der Waals surface area contributed by atoms with Crippen LogP contribution < -0.4 is 10.2 Å². The van der Waals surface area contributed by atoms with Crippen molar-refractivity contribution in [1.82, 2.24) is 10.3 Å². The van der Waals surface area contributed by atoms with Gasteiger partial charge in [-0.3, -0.25) is 9.59 Å². The number of hydrogen-bond acceptors (Lipinski definition) is 4. The van der Waals surface area contributed by atoms with Crippen molar-refractivity contribution >= 4 is 28.8 Å². The highest BCUT2D eigenvalue weighted by atomic mass is 32.1. The zero-order valence-electron chi connectivity index (χ0n) is 13.3. The minimum atomic E-state index is -0.0824. The van der Waals surface area contributed by atoms with Crippen molar-refractivity contribution in [2.45, 2.75) is 26.7 Å². The first-order chi connectivity index (χ1) is 11.0. The van der Waals surface area contributed by atoms with Crippen LogP contribution in [0.15, 0.2) is 23.6 Å². The number of carbonyl (C=O) groups excluding carboxylic acids is 2. The van der Waals surface area contributed by atoms with E-state index in [4.69, 9.17) is 0 Å². The van der Waals surface area contributed by atoms with Crippen LogP contribution in [-0.2, 0) is 17.6 Å². The molecular weight excluding hydrogens is 310 g/mol. The third-order valence-electron chi connectivity index (χ3n) is 3.95. The maximum absolute atomic E-state index is 12.2. The molecule has 1 N–H and O–H groups in total. The maximum Gasteiger partial charge on any atom is 0.251 e. The summed E-state index contributed by atoms with van der Waals surface area (Å²) >= 11 is 1.62. The van der Waals surface area contributed by atoms with Crippen LogP contribution in [0.4, 0.5) is 5.69 Å². The molecule has 1 aliphatic rings. The van der Waals surface area contributed by atoms with E-state index in [9.17, 15) is 9.59 Å². The lowest BCUT2D eigenvalue weighted by molar-refractivity contribution is -0.116. The lowest BCUT2D eigenvalue weighted by Crippen LogP contribution is -2.26. The molecule has 0 saturated carbocycles. The summed E-state index contributed by atoms with van der Waals surface area (Å²) in [5.74, 6) is -0.0412. The van der Waals surface area contributed by atoms with Crippen molar-refractivity contribution in [3.05, 3.63) is 45.4 Å². The minimum Gasteiger partial charge on any atom is -0.352 e. The standard InChI is InChI=1S/C17H19N3O2S/c1-11-19-15(10-23-11)5-7-18-17(22)14-3-4-16-13(9-14)6-8-20(16)12(2)21/h3-4,9-10H,5-8H2,1-2H3,(H,18,22). The van der Waals surface area contributed by atoms with Crippen molar-refractivity contribution in [1.29, 1.82) is 0 Å². The molecule has 0 unspecified atom stereocenters. The van der Waals surface area contributed by atoms with Crippen molar-refractivity contribution < 1.29 is 9.59 Å². The van der Waals surface area contributed by atoms with Gasteiger partial charge < -0.3 is 10.2 Å². The predicted molar refractivity (Wildman–Crippen MR) is 91.1 cm³/mol. The first-order valence-electron chi connectivity index (χ1n) is 7.65. The molecule has 2 aromatic rings. The number of fused-ring (bicyclic) bond motifs is 1. The molecule has 23 heavy (non-hydrogen) atoms. The van der Waals surface area contributed by atoms with Gasteiger partial charge in [0, 0.05) is 43.1 Å². The number of aryl methyl sites for hydroxylation is 1. The molecule has 3 rings (SSSR count). The number of nitrogens with one attached hydrogen (secondary N) is 1. The van der Waals surface area contributed by atoms with E-state index < -0.39 is 0 Å². The normalized spacial score (nSPS) is 13.0. The van der Waals surface area contributed by atoms with Crippen LogP contribution in [0.25, 0.3) is 0 Å². The number of benzene rings is 1. The molecular formula is C17H19N3O2S. The van der Waals surface area contributed by atoms with Gasteiger partial charge in [0.25, 0.3) is 5.91 Å². The summed E-state index contributed by atoms with van der Waals surface area (Å²) in [5.41, 5.74) is 3.64. The lowest BCUT2D eigenvalue weighted by atomic mass is 10.1. The van der Waals surface area contributed by atoms with Gasteiger partial charge in [0.2, 0.25) is 5.91 Å². The molecule has 0 bridgehead atoms. The van der Waals surface area contributed by atoms with Crippen LogP contribution in [0.5, 0.6) is 0 Å². The van der Waals surface area contributed by atoms with Gasteiger partial charge in [0.1, 0.15) is 0 Å². The molecule has 0 spiro atoms. The molecule has 2 amide bonds. The first-order valence-corrected chi connectivity index (χ1v) is 8.53. The molecule has 0 aliphatic carbocycles. The van der Waals surface area contributed by atoms with Crippen LogP contribution >= 0.6 is 11.3 Å². The molecule has 2 heterocycles. The van der Waals surface area contributed by atoms with Gasteiger partial charge in [0.15, 0.2) is 0 Å². The Bertz CT molecular complexity index is 754. The number of hydrogen-bond donors (Lipinski definition) is 1. The first kappa shape index (κ1) is 15.7. The van der Waals surface area contributed by atoms with Crippen molar-refractivity contribution in [3.63, 3.8) is 0 Å². The number of thiazole rings is 1. The monoisotopic (exact) mass is 329 g/mol. The zero-order chi connectivity index (χ0) is 16.4. The Hall–Kier alpha value is -2.21. The number of aromatic nitrogens is 1. The summed E-state index contributed by atoms with van der Waals surface area (Å²) in [6.45, 7) is 4.80. The minimum absolute atomic E-state index is 0.0412. The zero-order valence-corrected chi connectivity index (χ0v) is 14.1. The van der Waals surface area contributed by atoms with Gasteiger partial charge in [-0.1, -0.05) is 0 Å². The smallest absolute Gasteiger partial charge is 0.251 e. The Morgan fingerprint density at radius 3 is 2.91 bits per heavy atom. The van der Waals surface area contributed by atoms with Gasteiger partial charge in [0.05, 0.1) is 10.7 Å². The van der Waals surface area contributed by atoms with E-state index in [1.807, 2.05) is 24.4 Å². The number of carbonyl (C=O) groups is 2. The molecule has 0 radical (unpaired) electrons. The fourth-order valence-corrected chi connectivity index (χ4v) is 3.45. The van der Waals surface area contributed by atoms with Gasteiger partial charge >= 0.3 is 0 Å². The second-order valence-electron chi connectivity index (χ2n) is 5.63. The highest BCUT2D eigenvalue weighted by Crippen LogP contribution is 2.28. The topological polar surface area (TPSA) is 62.3 Å². The van der Waals surface area contributed by atoms with E-state index >= 15 is 0 Å². The number of nitrogens with zero attached hydrogens (tertiary/aromatic N) is 2. The summed E-state index contributed by atoms with van der Waals surface area (Å²) < 4.78 is 0. The molecule has 1 aliphatic heterocycles. The molecule has 120 valence electrons. The average Bonchev–Trinajstić information content (AvgIpc) is 3.12. The highest BCUT2D eigenvalue weighted by Gasteiger charge is 2.23. The largest absolute Gasteiger partial charge is 0.352 e. The molecule has 5 nitrogen and oxygen atoms in total. The Morgan fingerprint density at radius 2 is 2.22 bits per heavy atom. The van der Waals surface area contributed by atoms with Crippen molar-refractivity contribution in [2.75, 3.05) is 18.0 Å². The average molecular weight is 329 g/mol. The lowest BCUT2D eigenvalue weighted by Gasteiger charge is -2.14. The molecule has 1 aromatic carbocycles. The molecule has 6 heteroatoms. The fourth-order valence-electron chi connectivity index (χ4n) is 2.80. The second kappa shape index (κ2) is 6.50. The summed E-state index contributed by atoms with van der Waals surface area (Å²) in [4.78, 5) is 29.9.